The van der Waals surface area contributed by atoms with Crippen molar-refractivity contribution in [3.63, 3.8) is 0 Å². The van der Waals surface area contributed by atoms with Crippen LogP contribution < -0.4 is 20.1 Å². The molecule has 24 heavy (non-hydrogen) atoms. The average molecular weight is 320 g/mol. The van der Waals surface area contributed by atoms with E-state index in [4.69, 9.17) is 9.47 Å². The smallest absolute Gasteiger partial charge is 0.231 e. The van der Waals surface area contributed by atoms with E-state index in [-0.39, 0.29) is 6.79 Å². The molecule has 0 saturated heterocycles. The van der Waals surface area contributed by atoms with Crippen LogP contribution in [0.2, 0.25) is 0 Å². The molecule has 0 amide bonds. The van der Waals surface area contributed by atoms with Crippen LogP contribution in [0.3, 0.4) is 0 Å². The van der Waals surface area contributed by atoms with Crippen molar-refractivity contribution in [3.05, 3.63) is 42.5 Å². The first kappa shape index (κ1) is 13.4. The first-order valence-electron chi connectivity index (χ1n) is 8.05. The number of para-hydroxylation sites is 1. The van der Waals surface area contributed by atoms with Crippen molar-refractivity contribution in [3.8, 4) is 11.5 Å². The Labute approximate surface area is 138 Å². The van der Waals surface area contributed by atoms with Crippen molar-refractivity contribution in [2.75, 3.05) is 17.4 Å². The van der Waals surface area contributed by atoms with Gasteiger partial charge in [0.2, 0.25) is 12.7 Å². The predicted molar refractivity (Wildman–Crippen MR) is 92.0 cm³/mol. The van der Waals surface area contributed by atoms with Gasteiger partial charge in [-0.25, -0.2) is 4.98 Å². The topological polar surface area (TPSA) is 68.3 Å². The van der Waals surface area contributed by atoms with Crippen LogP contribution in [0.4, 0.5) is 17.5 Å². The van der Waals surface area contributed by atoms with Gasteiger partial charge in [0, 0.05) is 23.2 Å². The Balaban J connectivity index is 1.51. The molecular weight excluding hydrogens is 304 g/mol. The Bertz CT molecular complexity index is 924. The van der Waals surface area contributed by atoms with Crippen molar-refractivity contribution in [2.45, 2.75) is 18.9 Å². The van der Waals surface area contributed by atoms with E-state index in [2.05, 4.69) is 20.6 Å². The number of hydrogen-bond donors (Lipinski definition) is 2. The molecule has 2 aliphatic rings. The second-order valence-corrected chi connectivity index (χ2v) is 6.02. The molecule has 2 N–H and O–H groups in total. The highest BCUT2D eigenvalue weighted by Crippen LogP contribution is 2.35. The zero-order chi connectivity index (χ0) is 15.9. The first-order valence-corrected chi connectivity index (χ1v) is 8.05. The van der Waals surface area contributed by atoms with Crippen molar-refractivity contribution in [1.82, 2.24) is 9.97 Å². The minimum atomic E-state index is 0.265. The molecule has 1 aliphatic heterocycles. The van der Waals surface area contributed by atoms with Gasteiger partial charge in [0.1, 0.15) is 5.82 Å². The second kappa shape index (κ2) is 5.26. The molecule has 0 radical (unpaired) electrons. The third kappa shape index (κ3) is 2.46. The van der Waals surface area contributed by atoms with Crippen LogP contribution in [0, 0.1) is 0 Å². The van der Waals surface area contributed by atoms with Crippen molar-refractivity contribution in [1.29, 1.82) is 0 Å². The first-order chi connectivity index (χ1) is 11.8. The predicted octanol–water partition coefficient (Wildman–Crippen LogP) is 3.68. The van der Waals surface area contributed by atoms with Gasteiger partial charge in [-0.15, -0.1) is 0 Å². The Kier molecular flexibility index (Phi) is 2.94. The number of benzene rings is 2. The quantitative estimate of drug-likeness (QED) is 0.764. The van der Waals surface area contributed by atoms with E-state index in [1.807, 2.05) is 42.5 Å². The molecule has 2 aromatic carbocycles. The molecule has 0 unspecified atom stereocenters. The summed E-state index contributed by atoms with van der Waals surface area (Å²) in [5.74, 6) is 2.94. The van der Waals surface area contributed by atoms with Crippen LogP contribution in [-0.4, -0.2) is 22.8 Å². The molecule has 5 rings (SSSR count). The highest BCUT2D eigenvalue weighted by atomic mass is 16.7. The van der Waals surface area contributed by atoms with E-state index in [0.29, 0.717) is 12.0 Å². The molecule has 1 fully saturated rings. The lowest BCUT2D eigenvalue weighted by Crippen LogP contribution is -2.07. The molecule has 0 atom stereocenters. The molecular formula is C18H16N4O2. The monoisotopic (exact) mass is 320 g/mol. The minimum Gasteiger partial charge on any atom is -0.454 e. The van der Waals surface area contributed by atoms with Crippen LogP contribution in [-0.2, 0) is 0 Å². The summed E-state index contributed by atoms with van der Waals surface area (Å²) in [6.45, 7) is 0.265. The van der Waals surface area contributed by atoms with Gasteiger partial charge in [-0.1, -0.05) is 12.1 Å². The molecule has 6 heteroatoms. The van der Waals surface area contributed by atoms with Gasteiger partial charge >= 0.3 is 0 Å². The molecule has 0 bridgehead atoms. The summed E-state index contributed by atoms with van der Waals surface area (Å²) in [5.41, 5.74) is 1.78. The summed E-state index contributed by atoms with van der Waals surface area (Å²) in [7, 11) is 0. The lowest BCUT2D eigenvalue weighted by Gasteiger charge is -2.11. The van der Waals surface area contributed by atoms with Crippen molar-refractivity contribution in [2.24, 2.45) is 0 Å². The molecule has 3 aromatic rings. The van der Waals surface area contributed by atoms with E-state index >= 15 is 0 Å². The third-order valence-electron chi connectivity index (χ3n) is 4.15. The van der Waals surface area contributed by atoms with Crippen LogP contribution in [0.25, 0.3) is 10.9 Å². The molecule has 1 aromatic heterocycles. The molecule has 1 aliphatic carbocycles. The van der Waals surface area contributed by atoms with Gasteiger partial charge in [-0.3, -0.25) is 0 Å². The SMILES string of the molecule is c1ccc2c(NC3CC3)nc(Nc3ccc4c(c3)OCO4)nc2c1. The summed E-state index contributed by atoms with van der Waals surface area (Å²) < 4.78 is 10.8. The summed E-state index contributed by atoms with van der Waals surface area (Å²) >= 11 is 0. The van der Waals surface area contributed by atoms with Gasteiger partial charge in [0.15, 0.2) is 11.5 Å². The number of nitrogens with zero attached hydrogens (tertiary/aromatic N) is 2. The van der Waals surface area contributed by atoms with E-state index in [0.717, 1.165) is 33.9 Å². The van der Waals surface area contributed by atoms with E-state index in [1.165, 1.54) is 12.8 Å². The number of nitrogens with one attached hydrogen (secondary N) is 2. The largest absolute Gasteiger partial charge is 0.454 e. The van der Waals surface area contributed by atoms with Gasteiger partial charge in [-0.05, 0) is 37.1 Å². The average Bonchev–Trinajstić information content (AvgIpc) is 3.29. The Morgan fingerprint density at radius 1 is 0.958 bits per heavy atom. The zero-order valence-electron chi connectivity index (χ0n) is 13.0. The Morgan fingerprint density at radius 2 is 1.83 bits per heavy atom. The summed E-state index contributed by atoms with van der Waals surface area (Å²) in [6, 6.07) is 14.3. The number of rotatable bonds is 4. The minimum absolute atomic E-state index is 0.265. The fourth-order valence-electron chi connectivity index (χ4n) is 2.77. The number of hydrogen-bond acceptors (Lipinski definition) is 6. The van der Waals surface area contributed by atoms with Gasteiger partial charge < -0.3 is 20.1 Å². The molecule has 1 saturated carbocycles. The maximum atomic E-state index is 5.42. The zero-order valence-corrected chi connectivity index (χ0v) is 13.0. The van der Waals surface area contributed by atoms with E-state index in [9.17, 15) is 0 Å². The highest BCUT2D eigenvalue weighted by molar-refractivity contribution is 5.90. The lowest BCUT2D eigenvalue weighted by atomic mass is 10.2. The van der Waals surface area contributed by atoms with Crippen LogP contribution in [0.15, 0.2) is 42.5 Å². The normalized spacial score (nSPS) is 15.5. The van der Waals surface area contributed by atoms with Crippen LogP contribution >= 0.6 is 0 Å². The van der Waals surface area contributed by atoms with Gasteiger partial charge in [-0.2, -0.15) is 4.98 Å². The number of anilines is 3. The maximum absolute atomic E-state index is 5.42. The van der Waals surface area contributed by atoms with Gasteiger partial charge in [0.05, 0.1) is 5.52 Å². The lowest BCUT2D eigenvalue weighted by molar-refractivity contribution is 0.174. The fraction of sp³-hybridized carbons (Fsp3) is 0.222. The molecule has 0 spiro atoms. The third-order valence-corrected chi connectivity index (χ3v) is 4.15. The number of aromatic nitrogens is 2. The van der Waals surface area contributed by atoms with E-state index < -0.39 is 0 Å². The maximum Gasteiger partial charge on any atom is 0.231 e. The fourth-order valence-corrected chi connectivity index (χ4v) is 2.77. The highest BCUT2D eigenvalue weighted by Gasteiger charge is 2.23. The van der Waals surface area contributed by atoms with E-state index in [1.54, 1.807) is 0 Å². The summed E-state index contributed by atoms with van der Waals surface area (Å²) in [5, 5.41) is 7.80. The summed E-state index contributed by atoms with van der Waals surface area (Å²) in [4.78, 5) is 9.28. The number of fused-ring (bicyclic) bond motifs is 2. The molecule has 2 heterocycles. The standard InChI is InChI=1S/C18H16N4O2/c1-2-4-14-13(3-1)17(19-11-5-6-11)22-18(21-14)20-12-7-8-15-16(9-12)24-10-23-15/h1-4,7-9,11H,5-6,10H2,(H2,19,20,21,22). The second-order valence-electron chi connectivity index (χ2n) is 6.02. The van der Waals surface area contributed by atoms with Crippen LogP contribution in [0.1, 0.15) is 12.8 Å². The summed E-state index contributed by atoms with van der Waals surface area (Å²) in [6.07, 6.45) is 2.40. The van der Waals surface area contributed by atoms with Crippen LogP contribution in [0.5, 0.6) is 11.5 Å². The van der Waals surface area contributed by atoms with Gasteiger partial charge in [0.25, 0.3) is 0 Å². The Hall–Kier alpha value is -3.02. The van der Waals surface area contributed by atoms with Crippen molar-refractivity contribution < 1.29 is 9.47 Å². The molecule has 120 valence electrons. The molecule has 6 nitrogen and oxygen atoms in total. The number of ether oxygens (including phenoxy) is 2. The van der Waals surface area contributed by atoms with Crippen molar-refractivity contribution >= 4 is 28.4 Å². The Morgan fingerprint density at radius 3 is 2.75 bits per heavy atom.